The van der Waals surface area contributed by atoms with E-state index in [1.165, 1.54) is 0 Å². The monoisotopic (exact) mass is 376 g/mol. The van der Waals surface area contributed by atoms with E-state index in [1.54, 1.807) is 13.0 Å². The molecule has 0 unspecified atom stereocenters. The first-order chi connectivity index (χ1) is 13.3. The summed E-state index contributed by atoms with van der Waals surface area (Å²) in [4.78, 5) is 27.3. The van der Waals surface area contributed by atoms with Crippen LogP contribution in [0.1, 0.15) is 34.1 Å². The van der Waals surface area contributed by atoms with Crippen molar-refractivity contribution >= 4 is 28.4 Å². The summed E-state index contributed by atoms with van der Waals surface area (Å²) >= 11 is 0. The first-order valence-electron chi connectivity index (χ1n) is 8.97. The largest absolute Gasteiger partial charge is 0.366 e. The first kappa shape index (κ1) is 19.4. The zero-order valence-corrected chi connectivity index (χ0v) is 16.3. The second kappa shape index (κ2) is 7.32. The van der Waals surface area contributed by atoms with E-state index in [9.17, 15) is 9.59 Å². The highest BCUT2D eigenvalue weighted by molar-refractivity contribution is 6.11. The van der Waals surface area contributed by atoms with E-state index >= 15 is 0 Å². The maximum Gasteiger partial charge on any atom is 0.250 e. The number of H-pyrrole nitrogens is 1. The van der Waals surface area contributed by atoms with Gasteiger partial charge in [0.2, 0.25) is 0 Å². The fourth-order valence-corrected chi connectivity index (χ4v) is 3.43. The molecular formula is C22H24N4O2. The van der Waals surface area contributed by atoms with E-state index in [2.05, 4.69) is 16.9 Å². The van der Waals surface area contributed by atoms with Crippen molar-refractivity contribution in [3.8, 4) is 11.1 Å². The summed E-state index contributed by atoms with van der Waals surface area (Å²) in [6.07, 6.45) is 0. The molecule has 144 valence electrons. The van der Waals surface area contributed by atoms with Crippen LogP contribution in [-0.4, -0.2) is 16.8 Å². The molecule has 0 spiro atoms. The topological polar surface area (TPSA) is 114 Å². The molecule has 2 aromatic carbocycles. The van der Waals surface area contributed by atoms with Gasteiger partial charge in [0, 0.05) is 28.9 Å². The number of hydrogen-bond donors (Lipinski definition) is 4. The van der Waals surface area contributed by atoms with E-state index in [0.717, 1.165) is 33.3 Å². The van der Waals surface area contributed by atoms with E-state index in [0.29, 0.717) is 22.3 Å². The Morgan fingerprint density at radius 1 is 1.14 bits per heavy atom. The highest BCUT2D eigenvalue weighted by atomic mass is 16.2. The number of carbonyl (C=O) groups excluding carboxylic acids is 2. The third-order valence-electron chi connectivity index (χ3n) is 5.03. The van der Waals surface area contributed by atoms with Crippen molar-refractivity contribution in [2.75, 3.05) is 5.32 Å². The molecule has 2 amide bonds. The van der Waals surface area contributed by atoms with Crippen LogP contribution >= 0.6 is 0 Å². The van der Waals surface area contributed by atoms with Crippen molar-refractivity contribution in [3.63, 3.8) is 0 Å². The third-order valence-corrected chi connectivity index (χ3v) is 5.03. The Balaban J connectivity index is 2.29. The number of aromatic amines is 1. The van der Waals surface area contributed by atoms with Crippen LogP contribution in [0.2, 0.25) is 0 Å². The average Bonchev–Trinajstić information content (AvgIpc) is 2.95. The lowest BCUT2D eigenvalue weighted by atomic mass is 9.92. The summed E-state index contributed by atoms with van der Waals surface area (Å²) in [7, 11) is 0. The van der Waals surface area contributed by atoms with Gasteiger partial charge in [0.15, 0.2) is 0 Å². The van der Waals surface area contributed by atoms with Crippen molar-refractivity contribution in [1.29, 1.82) is 0 Å². The summed E-state index contributed by atoms with van der Waals surface area (Å²) in [6.45, 7) is 9.52. The molecule has 0 radical (unpaired) electrons. The number of fused-ring (bicyclic) bond motifs is 1. The van der Waals surface area contributed by atoms with E-state index in [4.69, 9.17) is 11.5 Å². The molecule has 3 rings (SSSR count). The van der Waals surface area contributed by atoms with Crippen molar-refractivity contribution in [2.24, 2.45) is 11.5 Å². The molecule has 28 heavy (non-hydrogen) atoms. The normalized spacial score (nSPS) is 10.9. The number of aromatic nitrogens is 1. The van der Waals surface area contributed by atoms with Gasteiger partial charge in [0.05, 0.1) is 11.1 Å². The molecule has 6 heteroatoms. The molecule has 3 aromatic rings. The van der Waals surface area contributed by atoms with Crippen molar-refractivity contribution in [1.82, 2.24) is 4.98 Å². The zero-order valence-electron chi connectivity index (χ0n) is 16.3. The smallest absolute Gasteiger partial charge is 0.250 e. The Kier molecular flexibility index (Phi) is 5.07. The Bertz CT molecular complexity index is 1130. The van der Waals surface area contributed by atoms with Crippen LogP contribution in [0.15, 0.2) is 42.5 Å². The van der Waals surface area contributed by atoms with Crippen LogP contribution in [0.25, 0.3) is 22.0 Å². The van der Waals surface area contributed by atoms with Gasteiger partial charge in [-0.15, -0.1) is 0 Å². The van der Waals surface area contributed by atoms with Gasteiger partial charge in [-0.05, 0) is 55.2 Å². The maximum atomic E-state index is 12.1. The fraction of sp³-hybridized carbons (Fsp3) is 0.182. The number of rotatable bonds is 5. The van der Waals surface area contributed by atoms with Gasteiger partial charge >= 0.3 is 0 Å². The Morgan fingerprint density at radius 3 is 2.46 bits per heavy atom. The summed E-state index contributed by atoms with van der Waals surface area (Å²) in [5, 5.41) is 3.79. The predicted molar refractivity (Wildman–Crippen MR) is 113 cm³/mol. The van der Waals surface area contributed by atoms with Crippen molar-refractivity contribution in [3.05, 3.63) is 64.9 Å². The molecule has 6 N–H and O–H groups in total. The Morgan fingerprint density at radius 2 is 1.86 bits per heavy atom. The maximum absolute atomic E-state index is 12.1. The van der Waals surface area contributed by atoms with Gasteiger partial charge in [0.1, 0.15) is 0 Å². The van der Waals surface area contributed by atoms with Gasteiger partial charge in [0.25, 0.3) is 11.8 Å². The minimum atomic E-state index is -0.487. The third kappa shape index (κ3) is 3.18. The number of amides is 2. The average molecular weight is 376 g/mol. The second-order valence-electron chi connectivity index (χ2n) is 6.92. The zero-order chi connectivity index (χ0) is 20.6. The van der Waals surface area contributed by atoms with Gasteiger partial charge in [-0.3, -0.25) is 9.59 Å². The molecule has 6 nitrogen and oxygen atoms in total. The predicted octanol–water partition coefficient (Wildman–Crippen LogP) is 3.52. The van der Waals surface area contributed by atoms with E-state index < -0.39 is 5.91 Å². The second-order valence-corrected chi connectivity index (χ2v) is 6.92. The number of primary amides is 1. The van der Waals surface area contributed by atoms with Crippen molar-refractivity contribution < 1.29 is 9.59 Å². The number of carbonyl (C=O) groups is 2. The number of benzene rings is 2. The minimum absolute atomic E-state index is 0.240. The molecule has 0 saturated carbocycles. The molecule has 0 aliphatic heterocycles. The molecule has 0 atom stereocenters. The SMILES string of the molecule is C=C(C)C(=O)Nc1cccc(-c2ccc(C(N)=O)c3[nH]c(C)c(C)c23)c1CN. The molecule has 0 saturated heterocycles. The molecule has 0 fully saturated rings. The first-order valence-corrected chi connectivity index (χ1v) is 8.97. The molecule has 1 aromatic heterocycles. The molecule has 0 bridgehead atoms. The van der Waals surface area contributed by atoms with Crippen LogP contribution in [0.4, 0.5) is 5.69 Å². The highest BCUT2D eigenvalue weighted by Gasteiger charge is 2.19. The van der Waals surface area contributed by atoms with Crippen LogP contribution in [0.5, 0.6) is 0 Å². The minimum Gasteiger partial charge on any atom is -0.366 e. The number of nitrogens with one attached hydrogen (secondary N) is 2. The lowest BCUT2D eigenvalue weighted by Gasteiger charge is -2.16. The Labute approximate surface area is 163 Å². The number of aryl methyl sites for hydroxylation is 2. The summed E-state index contributed by atoms with van der Waals surface area (Å²) < 4.78 is 0. The summed E-state index contributed by atoms with van der Waals surface area (Å²) in [6, 6.07) is 9.23. The van der Waals surface area contributed by atoms with Crippen LogP contribution in [0, 0.1) is 13.8 Å². The molecular weight excluding hydrogens is 352 g/mol. The lowest BCUT2D eigenvalue weighted by molar-refractivity contribution is -0.112. The van der Waals surface area contributed by atoms with Crippen LogP contribution < -0.4 is 16.8 Å². The van der Waals surface area contributed by atoms with Crippen LogP contribution in [-0.2, 0) is 11.3 Å². The standard InChI is InChI=1S/C22H24N4O2/c1-11(2)22(28)26-18-7-5-6-14(17(18)10-23)15-8-9-16(21(24)27)20-19(15)12(3)13(4)25-20/h5-9,25H,1,10,23H2,2-4H3,(H2,24,27)(H,26,28). The molecule has 0 aliphatic carbocycles. The number of hydrogen-bond acceptors (Lipinski definition) is 3. The number of anilines is 1. The summed E-state index contributed by atoms with van der Waals surface area (Å²) in [5.41, 5.74) is 18.4. The quantitative estimate of drug-likeness (QED) is 0.511. The van der Waals surface area contributed by atoms with Crippen molar-refractivity contribution in [2.45, 2.75) is 27.3 Å². The van der Waals surface area contributed by atoms with Gasteiger partial charge in [-0.2, -0.15) is 0 Å². The van der Waals surface area contributed by atoms with Gasteiger partial charge in [-0.1, -0.05) is 24.8 Å². The van der Waals surface area contributed by atoms with E-state index in [-0.39, 0.29) is 12.5 Å². The van der Waals surface area contributed by atoms with Gasteiger partial charge in [-0.25, -0.2) is 0 Å². The van der Waals surface area contributed by atoms with E-state index in [1.807, 2.05) is 38.1 Å². The van der Waals surface area contributed by atoms with Gasteiger partial charge < -0.3 is 21.8 Å². The lowest BCUT2D eigenvalue weighted by Crippen LogP contribution is -2.15. The number of nitrogens with two attached hydrogens (primary N) is 2. The fourth-order valence-electron chi connectivity index (χ4n) is 3.43. The molecule has 1 heterocycles. The molecule has 0 aliphatic rings. The van der Waals surface area contributed by atoms with Crippen LogP contribution in [0.3, 0.4) is 0 Å². The Hall–Kier alpha value is -3.38. The summed E-state index contributed by atoms with van der Waals surface area (Å²) in [5.74, 6) is -0.742. The highest BCUT2D eigenvalue weighted by Crippen LogP contribution is 2.37.